The molecule has 2 aromatic carbocycles. The molecule has 0 saturated heterocycles. The Morgan fingerprint density at radius 2 is 1.71 bits per heavy atom. The zero-order valence-electron chi connectivity index (χ0n) is 15.5. The standard InChI is InChI=1S/C23H22ClNO3/c24-17-12-10-15(11-13-17)20-14-16-6-4-5-9-19(16)23(27)28-21(20)22(26)25-18-7-2-1-3-8-18/h4-6,9-14,18,21H,1-3,7-8H2,(H,25,26). The highest BCUT2D eigenvalue weighted by atomic mass is 35.5. The van der Waals surface area contributed by atoms with E-state index >= 15 is 0 Å². The van der Waals surface area contributed by atoms with E-state index in [1.807, 2.05) is 30.3 Å². The average molecular weight is 396 g/mol. The second-order valence-electron chi connectivity index (χ2n) is 7.32. The van der Waals surface area contributed by atoms with Gasteiger partial charge in [-0.3, -0.25) is 4.79 Å². The van der Waals surface area contributed by atoms with Gasteiger partial charge in [0.1, 0.15) is 0 Å². The molecule has 0 spiro atoms. The topological polar surface area (TPSA) is 55.4 Å². The molecule has 0 radical (unpaired) electrons. The van der Waals surface area contributed by atoms with Crippen LogP contribution in [0.5, 0.6) is 0 Å². The summed E-state index contributed by atoms with van der Waals surface area (Å²) in [7, 11) is 0. The fraction of sp³-hybridized carbons (Fsp3) is 0.304. The zero-order chi connectivity index (χ0) is 19.5. The molecule has 1 unspecified atom stereocenters. The van der Waals surface area contributed by atoms with E-state index in [0.29, 0.717) is 16.2 Å². The minimum atomic E-state index is -0.997. The minimum absolute atomic E-state index is 0.136. The quantitative estimate of drug-likeness (QED) is 0.754. The van der Waals surface area contributed by atoms with Crippen LogP contribution in [-0.4, -0.2) is 24.0 Å². The molecule has 4 rings (SSSR count). The highest BCUT2D eigenvalue weighted by molar-refractivity contribution is 6.30. The number of carbonyl (C=O) groups excluding carboxylic acids is 2. The van der Waals surface area contributed by atoms with Crippen molar-refractivity contribution in [1.29, 1.82) is 0 Å². The van der Waals surface area contributed by atoms with Gasteiger partial charge in [-0.05, 0) is 48.2 Å². The molecule has 1 aliphatic carbocycles. The number of rotatable bonds is 3. The van der Waals surface area contributed by atoms with Crippen LogP contribution in [0.3, 0.4) is 0 Å². The highest BCUT2D eigenvalue weighted by Crippen LogP contribution is 2.31. The number of carbonyl (C=O) groups is 2. The van der Waals surface area contributed by atoms with Crippen LogP contribution in [0, 0.1) is 0 Å². The molecule has 144 valence electrons. The largest absolute Gasteiger partial charge is 0.444 e. The van der Waals surface area contributed by atoms with E-state index in [1.54, 1.807) is 24.3 Å². The highest BCUT2D eigenvalue weighted by Gasteiger charge is 2.33. The van der Waals surface area contributed by atoms with Gasteiger partial charge in [0.25, 0.3) is 5.91 Å². The Kier molecular flexibility index (Phi) is 5.49. The number of hydrogen-bond acceptors (Lipinski definition) is 3. The number of esters is 1. The van der Waals surface area contributed by atoms with E-state index in [2.05, 4.69) is 5.32 Å². The predicted molar refractivity (Wildman–Crippen MR) is 110 cm³/mol. The van der Waals surface area contributed by atoms with Crippen molar-refractivity contribution in [2.45, 2.75) is 44.2 Å². The smallest absolute Gasteiger partial charge is 0.339 e. The van der Waals surface area contributed by atoms with Crippen LogP contribution in [0.1, 0.15) is 53.6 Å². The van der Waals surface area contributed by atoms with Crippen LogP contribution >= 0.6 is 11.6 Å². The summed E-state index contributed by atoms with van der Waals surface area (Å²) in [5, 5.41) is 3.70. The number of hydrogen-bond donors (Lipinski definition) is 1. The molecule has 5 heteroatoms. The molecule has 28 heavy (non-hydrogen) atoms. The lowest BCUT2D eigenvalue weighted by atomic mass is 9.94. The summed E-state index contributed by atoms with van der Waals surface area (Å²) < 4.78 is 5.69. The molecular weight excluding hydrogens is 374 g/mol. The number of nitrogens with one attached hydrogen (secondary N) is 1. The van der Waals surface area contributed by atoms with Gasteiger partial charge in [-0.15, -0.1) is 0 Å². The number of fused-ring (bicyclic) bond motifs is 1. The minimum Gasteiger partial charge on any atom is -0.444 e. The molecule has 1 heterocycles. The van der Waals surface area contributed by atoms with E-state index < -0.39 is 12.1 Å². The van der Waals surface area contributed by atoms with Crippen molar-refractivity contribution >= 4 is 35.1 Å². The first-order valence-corrected chi connectivity index (χ1v) is 10.1. The third-order valence-electron chi connectivity index (χ3n) is 5.37. The SMILES string of the molecule is O=C1OC(C(=O)NC2CCCCC2)C(c2ccc(Cl)cc2)=Cc2ccccc21. The summed E-state index contributed by atoms with van der Waals surface area (Å²) in [4.78, 5) is 25.8. The van der Waals surface area contributed by atoms with E-state index in [1.165, 1.54) is 6.42 Å². The molecule has 1 N–H and O–H groups in total. The number of benzene rings is 2. The summed E-state index contributed by atoms with van der Waals surface area (Å²) in [6.45, 7) is 0. The van der Waals surface area contributed by atoms with Gasteiger partial charge < -0.3 is 10.1 Å². The molecule has 1 fully saturated rings. The molecule has 2 aromatic rings. The van der Waals surface area contributed by atoms with Gasteiger partial charge in [0.2, 0.25) is 6.10 Å². The van der Waals surface area contributed by atoms with Crippen molar-refractivity contribution in [3.05, 3.63) is 70.2 Å². The van der Waals surface area contributed by atoms with Gasteiger partial charge in [0, 0.05) is 16.6 Å². The van der Waals surface area contributed by atoms with Crippen LogP contribution in [-0.2, 0) is 9.53 Å². The maximum absolute atomic E-state index is 13.1. The number of amides is 1. The van der Waals surface area contributed by atoms with Crippen molar-refractivity contribution in [3.63, 3.8) is 0 Å². The predicted octanol–water partition coefficient (Wildman–Crippen LogP) is 4.87. The number of halogens is 1. The maximum atomic E-state index is 13.1. The molecule has 0 bridgehead atoms. The Bertz CT molecular complexity index is 914. The summed E-state index contributed by atoms with van der Waals surface area (Å²) in [5.74, 6) is -0.756. The van der Waals surface area contributed by atoms with Crippen LogP contribution in [0.15, 0.2) is 48.5 Å². The molecule has 1 aliphatic heterocycles. The summed E-state index contributed by atoms with van der Waals surface area (Å²) >= 11 is 6.03. The van der Waals surface area contributed by atoms with E-state index in [9.17, 15) is 9.59 Å². The van der Waals surface area contributed by atoms with Crippen LogP contribution in [0.4, 0.5) is 0 Å². The first kappa shape index (κ1) is 18.8. The lowest BCUT2D eigenvalue weighted by molar-refractivity contribution is -0.128. The normalized spacial score (nSPS) is 19.8. The van der Waals surface area contributed by atoms with Crippen molar-refractivity contribution in [3.8, 4) is 0 Å². The first-order chi connectivity index (χ1) is 13.6. The van der Waals surface area contributed by atoms with Gasteiger partial charge in [0.15, 0.2) is 0 Å². The van der Waals surface area contributed by atoms with E-state index in [4.69, 9.17) is 16.3 Å². The van der Waals surface area contributed by atoms with E-state index in [0.717, 1.165) is 36.8 Å². The number of ether oxygens (including phenoxy) is 1. The molecule has 0 aromatic heterocycles. The molecule has 1 saturated carbocycles. The van der Waals surface area contributed by atoms with Crippen molar-refractivity contribution in [1.82, 2.24) is 5.32 Å². The van der Waals surface area contributed by atoms with Crippen molar-refractivity contribution in [2.24, 2.45) is 0 Å². The van der Waals surface area contributed by atoms with Gasteiger partial charge in [-0.1, -0.05) is 61.2 Å². The van der Waals surface area contributed by atoms with Crippen LogP contribution < -0.4 is 5.32 Å². The lowest BCUT2D eigenvalue weighted by Gasteiger charge is -2.26. The van der Waals surface area contributed by atoms with Gasteiger partial charge >= 0.3 is 5.97 Å². The third kappa shape index (κ3) is 3.97. The second kappa shape index (κ2) is 8.19. The van der Waals surface area contributed by atoms with Gasteiger partial charge in [0.05, 0.1) is 5.56 Å². The fourth-order valence-corrected chi connectivity index (χ4v) is 4.01. The Labute approximate surface area is 169 Å². The molecule has 1 atom stereocenters. The molecule has 4 nitrogen and oxygen atoms in total. The van der Waals surface area contributed by atoms with Gasteiger partial charge in [-0.2, -0.15) is 0 Å². The Balaban J connectivity index is 1.71. The fourth-order valence-electron chi connectivity index (χ4n) is 3.88. The summed E-state index contributed by atoms with van der Waals surface area (Å²) in [6.07, 6.45) is 6.23. The van der Waals surface area contributed by atoms with Crippen LogP contribution in [0.2, 0.25) is 5.02 Å². The molecule has 2 aliphatic rings. The molecular formula is C23H22ClNO3. The zero-order valence-corrected chi connectivity index (χ0v) is 16.2. The lowest BCUT2D eigenvalue weighted by Crippen LogP contribution is -2.44. The maximum Gasteiger partial charge on any atom is 0.339 e. The van der Waals surface area contributed by atoms with Gasteiger partial charge in [-0.25, -0.2) is 4.79 Å². The second-order valence-corrected chi connectivity index (χ2v) is 7.76. The first-order valence-electron chi connectivity index (χ1n) is 9.70. The average Bonchev–Trinajstić information content (AvgIpc) is 2.86. The summed E-state index contributed by atoms with van der Waals surface area (Å²) in [5.41, 5.74) is 2.66. The number of cyclic esters (lactones) is 1. The Hall–Kier alpha value is -2.59. The monoisotopic (exact) mass is 395 g/mol. The third-order valence-corrected chi connectivity index (χ3v) is 5.62. The van der Waals surface area contributed by atoms with Crippen LogP contribution in [0.25, 0.3) is 11.6 Å². The van der Waals surface area contributed by atoms with Crippen molar-refractivity contribution in [2.75, 3.05) is 0 Å². The Morgan fingerprint density at radius 3 is 2.46 bits per heavy atom. The molecule has 1 amide bonds. The van der Waals surface area contributed by atoms with Crippen molar-refractivity contribution < 1.29 is 14.3 Å². The Morgan fingerprint density at radius 1 is 1.00 bits per heavy atom. The van der Waals surface area contributed by atoms with E-state index in [-0.39, 0.29) is 11.9 Å². The summed E-state index contributed by atoms with van der Waals surface area (Å²) in [6, 6.07) is 14.6.